The van der Waals surface area contributed by atoms with Gasteiger partial charge in [-0.1, -0.05) is 24.0 Å². The molecule has 0 aliphatic heterocycles. The second-order valence-corrected chi connectivity index (χ2v) is 5.74. The molecule has 0 aliphatic carbocycles. The smallest absolute Gasteiger partial charge is 0.265 e. The van der Waals surface area contributed by atoms with Gasteiger partial charge in [-0.05, 0) is 12.1 Å². The fourth-order valence-corrected chi connectivity index (χ4v) is 2.78. The first kappa shape index (κ1) is 15.0. The van der Waals surface area contributed by atoms with Gasteiger partial charge >= 0.3 is 0 Å². The van der Waals surface area contributed by atoms with E-state index in [9.17, 15) is 8.42 Å². The van der Waals surface area contributed by atoms with Crippen molar-refractivity contribution in [3.8, 4) is 11.8 Å². The predicted octanol–water partition coefficient (Wildman–Crippen LogP) is 0.350. The van der Waals surface area contributed by atoms with Crippen LogP contribution in [-0.2, 0) is 17.1 Å². The van der Waals surface area contributed by atoms with Gasteiger partial charge in [0.15, 0.2) is 0 Å². The van der Waals surface area contributed by atoms with E-state index in [0.29, 0.717) is 5.56 Å². The predicted molar refractivity (Wildman–Crippen MR) is 76.8 cm³/mol. The summed E-state index contributed by atoms with van der Waals surface area (Å²) in [5, 5.41) is 12.5. The summed E-state index contributed by atoms with van der Waals surface area (Å²) in [6, 6.07) is 6.38. The van der Waals surface area contributed by atoms with Crippen LogP contribution in [0.1, 0.15) is 12.0 Å². The number of anilines is 1. The molecular formula is C13H14N4O3S. The third-order valence-electron chi connectivity index (χ3n) is 2.57. The first-order valence-electron chi connectivity index (χ1n) is 6.10. The lowest BCUT2D eigenvalue weighted by molar-refractivity contribution is 0.305. The van der Waals surface area contributed by atoms with E-state index in [1.165, 1.54) is 17.1 Å². The van der Waals surface area contributed by atoms with Crippen LogP contribution in [-0.4, -0.2) is 34.9 Å². The van der Waals surface area contributed by atoms with Gasteiger partial charge in [0.1, 0.15) is 11.2 Å². The second-order valence-electron chi connectivity index (χ2n) is 4.08. The van der Waals surface area contributed by atoms with Crippen molar-refractivity contribution >= 4 is 16.0 Å². The van der Waals surface area contributed by atoms with Gasteiger partial charge in [-0.15, -0.1) is 0 Å². The summed E-state index contributed by atoms with van der Waals surface area (Å²) < 4.78 is 28.5. The highest BCUT2D eigenvalue weighted by molar-refractivity contribution is 7.92. The topological polar surface area (TPSA) is 97.1 Å². The van der Waals surface area contributed by atoms with Gasteiger partial charge in [-0.3, -0.25) is 0 Å². The van der Waals surface area contributed by atoms with E-state index in [0.717, 1.165) is 0 Å². The summed E-state index contributed by atoms with van der Waals surface area (Å²) in [5.41, 5.74) is 0.362. The summed E-state index contributed by atoms with van der Waals surface area (Å²) in [6.45, 7) is -0.0703. The summed E-state index contributed by atoms with van der Waals surface area (Å²) in [4.78, 5) is 3.88. The molecule has 2 N–H and O–H groups in total. The highest BCUT2D eigenvalue weighted by Crippen LogP contribution is 2.17. The van der Waals surface area contributed by atoms with Gasteiger partial charge in [-0.2, -0.15) is 10.1 Å². The van der Waals surface area contributed by atoms with Crippen LogP contribution in [0.4, 0.5) is 5.95 Å². The Hall–Kier alpha value is -2.37. The Morgan fingerprint density at radius 3 is 2.81 bits per heavy atom. The molecule has 0 saturated carbocycles. The maximum Gasteiger partial charge on any atom is 0.265 e. The van der Waals surface area contributed by atoms with Gasteiger partial charge in [0.25, 0.3) is 10.0 Å². The number of sulfonamides is 1. The Labute approximate surface area is 122 Å². The molecule has 0 atom stereocenters. The summed E-state index contributed by atoms with van der Waals surface area (Å²) in [7, 11) is -2.23. The van der Waals surface area contributed by atoms with Gasteiger partial charge < -0.3 is 5.11 Å². The Morgan fingerprint density at radius 1 is 1.38 bits per heavy atom. The van der Waals surface area contributed by atoms with Crippen molar-refractivity contribution in [1.29, 1.82) is 0 Å². The minimum absolute atomic E-state index is 0.0541. The van der Waals surface area contributed by atoms with Crippen LogP contribution in [0.15, 0.2) is 35.5 Å². The minimum Gasteiger partial charge on any atom is -0.395 e. The van der Waals surface area contributed by atoms with E-state index >= 15 is 0 Å². The Morgan fingerprint density at radius 2 is 2.14 bits per heavy atom. The molecule has 0 bridgehead atoms. The maximum absolute atomic E-state index is 12.4. The minimum atomic E-state index is -3.81. The van der Waals surface area contributed by atoms with Crippen molar-refractivity contribution in [1.82, 2.24) is 14.8 Å². The molecule has 2 rings (SSSR count). The van der Waals surface area contributed by atoms with Crippen molar-refractivity contribution < 1.29 is 13.5 Å². The van der Waals surface area contributed by atoms with Gasteiger partial charge in [-0.25, -0.2) is 17.8 Å². The van der Waals surface area contributed by atoms with Crippen LogP contribution < -0.4 is 4.72 Å². The van der Waals surface area contributed by atoms with Crippen LogP contribution in [0.5, 0.6) is 0 Å². The lowest BCUT2D eigenvalue weighted by Gasteiger charge is -2.08. The number of aliphatic hydroxyl groups is 1. The number of hydrogen-bond acceptors (Lipinski definition) is 5. The molecular weight excluding hydrogens is 292 g/mol. The van der Waals surface area contributed by atoms with E-state index in [1.807, 2.05) is 0 Å². The lowest BCUT2D eigenvalue weighted by atomic mass is 10.2. The number of nitrogens with zero attached hydrogens (tertiary/aromatic N) is 3. The Bertz CT molecular complexity index is 787. The molecule has 1 heterocycles. The van der Waals surface area contributed by atoms with Crippen molar-refractivity contribution in [2.75, 3.05) is 11.3 Å². The quantitative estimate of drug-likeness (QED) is 0.794. The number of benzene rings is 1. The monoisotopic (exact) mass is 306 g/mol. The number of rotatable bonds is 4. The SMILES string of the molecule is Cn1ncnc1NS(=O)(=O)c1ccccc1C#CCCO. The van der Waals surface area contributed by atoms with Crippen LogP contribution in [0.25, 0.3) is 0 Å². The van der Waals surface area contributed by atoms with E-state index in [4.69, 9.17) is 5.11 Å². The third kappa shape index (κ3) is 3.59. The molecule has 0 unspecified atom stereocenters. The molecule has 8 heteroatoms. The maximum atomic E-state index is 12.4. The van der Waals surface area contributed by atoms with Crippen molar-refractivity contribution in [3.63, 3.8) is 0 Å². The first-order valence-corrected chi connectivity index (χ1v) is 7.58. The molecule has 110 valence electrons. The highest BCUT2D eigenvalue weighted by atomic mass is 32.2. The van der Waals surface area contributed by atoms with Gasteiger partial charge in [0.05, 0.1) is 6.61 Å². The van der Waals surface area contributed by atoms with Crippen LogP contribution in [0.3, 0.4) is 0 Å². The third-order valence-corrected chi connectivity index (χ3v) is 3.96. The average Bonchev–Trinajstić information content (AvgIpc) is 2.84. The fraction of sp³-hybridized carbons (Fsp3) is 0.231. The largest absolute Gasteiger partial charge is 0.395 e. The number of nitrogens with one attached hydrogen (secondary N) is 1. The van der Waals surface area contributed by atoms with Crippen LogP contribution in [0, 0.1) is 11.8 Å². The molecule has 0 radical (unpaired) electrons. The van der Waals surface area contributed by atoms with E-state index in [2.05, 4.69) is 26.6 Å². The molecule has 0 amide bonds. The lowest BCUT2D eigenvalue weighted by Crippen LogP contribution is -2.17. The number of hydrogen-bond donors (Lipinski definition) is 2. The van der Waals surface area contributed by atoms with Crippen molar-refractivity contribution in [2.45, 2.75) is 11.3 Å². The van der Waals surface area contributed by atoms with Crippen molar-refractivity contribution in [2.24, 2.45) is 7.05 Å². The standard InChI is InChI=1S/C13H14N4O3S/c1-17-13(14-10-15-17)16-21(19,20)12-8-3-2-6-11(12)7-4-5-9-18/h2-3,6,8,10,18H,5,9H2,1H3,(H,14,15,16). The normalized spacial score (nSPS) is 10.8. The molecule has 0 fully saturated rings. The molecule has 1 aromatic heterocycles. The van der Waals surface area contributed by atoms with Gasteiger partial charge in [0, 0.05) is 19.0 Å². The molecule has 0 aliphatic rings. The summed E-state index contributed by atoms with van der Waals surface area (Å²) in [6.07, 6.45) is 1.54. The fourth-order valence-electron chi connectivity index (χ4n) is 1.58. The second kappa shape index (κ2) is 6.39. The molecule has 7 nitrogen and oxygen atoms in total. The van der Waals surface area contributed by atoms with Crippen molar-refractivity contribution in [3.05, 3.63) is 36.2 Å². The Balaban J connectivity index is 2.37. The zero-order valence-corrected chi connectivity index (χ0v) is 12.1. The summed E-state index contributed by atoms with van der Waals surface area (Å²) in [5.74, 6) is 5.57. The zero-order chi connectivity index (χ0) is 15.3. The van der Waals surface area contributed by atoms with Crippen LogP contribution in [0.2, 0.25) is 0 Å². The van der Waals surface area contributed by atoms with Crippen LogP contribution >= 0.6 is 0 Å². The number of aromatic nitrogens is 3. The Kier molecular flexibility index (Phi) is 4.57. The molecule has 0 spiro atoms. The first-order chi connectivity index (χ1) is 10.0. The van der Waals surface area contributed by atoms with Gasteiger partial charge in [0.2, 0.25) is 5.95 Å². The average molecular weight is 306 g/mol. The van der Waals surface area contributed by atoms with E-state index in [-0.39, 0.29) is 23.9 Å². The molecule has 0 saturated heterocycles. The number of aryl methyl sites for hydroxylation is 1. The highest BCUT2D eigenvalue weighted by Gasteiger charge is 2.19. The van der Waals surface area contributed by atoms with E-state index < -0.39 is 10.0 Å². The zero-order valence-electron chi connectivity index (χ0n) is 11.3. The molecule has 21 heavy (non-hydrogen) atoms. The number of aliphatic hydroxyl groups excluding tert-OH is 1. The molecule has 1 aromatic carbocycles. The summed E-state index contributed by atoms with van der Waals surface area (Å²) >= 11 is 0. The van der Waals surface area contributed by atoms with E-state index in [1.54, 1.807) is 25.2 Å². The molecule has 2 aromatic rings.